The van der Waals surface area contributed by atoms with Gasteiger partial charge in [0.05, 0.1) is 11.8 Å². The Morgan fingerprint density at radius 3 is 2.25 bits per heavy atom. The van der Waals surface area contributed by atoms with Gasteiger partial charge in [0.25, 0.3) is 0 Å². The molecule has 1 aliphatic rings. The number of hydrogen-bond acceptors (Lipinski definition) is 3. The maximum Gasteiger partial charge on any atom is 0.307 e. The van der Waals surface area contributed by atoms with Crippen LogP contribution in [0.3, 0.4) is 0 Å². The second-order valence-electron chi connectivity index (χ2n) is 6.65. The van der Waals surface area contributed by atoms with E-state index in [0.717, 1.165) is 0 Å². The number of likely N-dealkylation sites (N-methyl/N-ethyl adjacent to an activating group) is 1. The van der Waals surface area contributed by atoms with Crippen LogP contribution in [-0.2, 0) is 9.59 Å². The first kappa shape index (κ1) is 17.0. The minimum atomic E-state index is -0.845. The molecule has 1 amide bonds. The van der Waals surface area contributed by atoms with Gasteiger partial charge in [-0.1, -0.05) is 20.8 Å². The highest BCUT2D eigenvalue weighted by Crippen LogP contribution is 2.36. The van der Waals surface area contributed by atoms with E-state index < -0.39 is 11.9 Å². The van der Waals surface area contributed by atoms with Crippen LogP contribution in [0.5, 0.6) is 0 Å². The van der Waals surface area contributed by atoms with Gasteiger partial charge >= 0.3 is 5.97 Å². The van der Waals surface area contributed by atoms with Crippen LogP contribution in [0.25, 0.3) is 0 Å². The molecular formula is C15H28N2O3. The molecule has 0 saturated heterocycles. The monoisotopic (exact) mass is 284 g/mol. The molecule has 1 aliphatic carbocycles. The van der Waals surface area contributed by atoms with Gasteiger partial charge in [-0.3, -0.25) is 9.59 Å². The highest BCUT2D eigenvalue weighted by Gasteiger charge is 2.41. The molecule has 20 heavy (non-hydrogen) atoms. The Labute approximate surface area is 121 Å². The van der Waals surface area contributed by atoms with Gasteiger partial charge in [0, 0.05) is 12.6 Å². The molecule has 1 rings (SSSR count). The fourth-order valence-electron chi connectivity index (χ4n) is 3.21. The van der Waals surface area contributed by atoms with Crippen LogP contribution in [0.1, 0.15) is 33.6 Å². The minimum Gasteiger partial charge on any atom is -0.481 e. The summed E-state index contributed by atoms with van der Waals surface area (Å²) >= 11 is 0. The summed E-state index contributed by atoms with van der Waals surface area (Å²) in [6.45, 7) is 6.82. The zero-order valence-electron chi connectivity index (χ0n) is 13.2. The van der Waals surface area contributed by atoms with Gasteiger partial charge < -0.3 is 15.3 Å². The van der Waals surface area contributed by atoms with Gasteiger partial charge in [-0.05, 0) is 38.8 Å². The number of nitrogens with zero attached hydrogens (tertiary/aromatic N) is 1. The van der Waals surface area contributed by atoms with E-state index in [-0.39, 0.29) is 17.9 Å². The van der Waals surface area contributed by atoms with Gasteiger partial charge in [-0.15, -0.1) is 0 Å². The van der Waals surface area contributed by atoms with Crippen LogP contribution < -0.4 is 5.32 Å². The van der Waals surface area contributed by atoms with Crippen LogP contribution >= 0.6 is 0 Å². The number of carboxylic acid groups (broad SMARTS) is 1. The molecule has 4 atom stereocenters. The zero-order valence-corrected chi connectivity index (χ0v) is 13.2. The molecule has 2 unspecified atom stereocenters. The van der Waals surface area contributed by atoms with Crippen molar-refractivity contribution in [3.63, 3.8) is 0 Å². The molecule has 5 nitrogen and oxygen atoms in total. The number of hydrogen-bond donors (Lipinski definition) is 2. The van der Waals surface area contributed by atoms with Gasteiger partial charge in [-0.25, -0.2) is 0 Å². The first-order chi connectivity index (χ1) is 9.23. The van der Waals surface area contributed by atoms with Crippen molar-refractivity contribution in [2.45, 2.75) is 39.7 Å². The van der Waals surface area contributed by atoms with Crippen LogP contribution in [0, 0.1) is 23.7 Å². The molecule has 0 aromatic heterocycles. The number of carboxylic acids is 1. The summed E-state index contributed by atoms with van der Waals surface area (Å²) in [5.74, 6) is -1.11. The number of amides is 1. The summed E-state index contributed by atoms with van der Waals surface area (Å²) in [7, 11) is 3.99. The summed E-state index contributed by atoms with van der Waals surface area (Å²) in [6, 6.07) is 0.265. The highest BCUT2D eigenvalue weighted by atomic mass is 16.4. The Balaban J connectivity index is 2.59. The molecule has 0 bridgehead atoms. The Hall–Kier alpha value is -1.10. The highest BCUT2D eigenvalue weighted by molar-refractivity contribution is 5.85. The molecule has 0 spiro atoms. The number of aliphatic carboxylic acids is 1. The first-order valence-electron chi connectivity index (χ1n) is 7.41. The molecule has 0 radical (unpaired) electrons. The summed E-state index contributed by atoms with van der Waals surface area (Å²) in [6.07, 6.45) is 1.28. The number of rotatable bonds is 6. The lowest BCUT2D eigenvalue weighted by molar-refractivity contribution is -0.146. The second-order valence-corrected chi connectivity index (χ2v) is 6.65. The third-order valence-electron chi connectivity index (χ3n) is 4.37. The molecule has 0 heterocycles. The van der Waals surface area contributed by atoms with Crippen molar-refractivity contribution in [1.29, 1.82) is 0 Å². The Bertz CT molecular complexity index is 347. The topological polar surface area (TPSA) is 69.6 Å². The molecular weight excluding hydrogens is 256 g/mol. The third kappa shape index (κ3) is 4.20. The maximum atomic E-state index is 12.3. The molecule has 2 N–H and O–H groups in total. The third-order valence-corrected chi connectivity index (χ3v) is 4.37. The lowest BCUT2D eigenvalue weighted by atomic mass is 9.95. The van der Waals surface area contributed by atoms with Crippen molar-refractivity contribution >= 4 is 11.9 Å². The largest absolute Gasteiger partial charge is 0.481 e. The number of carbonyl (C=O) groups excluding carboxylic acids is 1. The van der Waals surface area contributed by atoms with Crippen molar-refractivity contribution < 1.29 is 14.7 Å². The van der Waals surface area contributed by atoms with E-state index in [1.54, 1.807) is 0 Å². The van der Waals surface area contributed by atoms with E-state index >= 15 is 0 Å². The van der Waals surface area contributed by atoms with Crippen molar-refractivity contribution in [3.05, 3.63) is 0 Å². The van der Waals surface area contributed by atoms with Crippen LogP contribution in [0.4, 0.5) is 0 Å². The summed E-state index contributed by atoms with van der Waals surface area (Å²) in [5.41, 5.74) is 0. The van der Waals surface area contributed by atoms with E-state index in [0.29, 0.717) is 31.2 Å². The van der Waals surface area contributed by atoms with Crippen molar-refractivity contribution in [2.75, 3.05) is 20.6 Å². The van der Waals surface area contributed by atoms with E-state index in [2.05, 4.69) is 24.1 Å². The van der Waals surface area contributed by atoms with Gasteiger partial charge in [-0.2, -0.15) is 0 Å². The lowest BCUT2D eigenvalue weighted by Crippen LogP contribution is -2.45. The van der Waals surface area contributed by atoms with E-state index in [1.807, 2.05) is 21.0 Å². The molecule has 1 saturated carbocycles. The molecule has 5 heteroatoms. The molecule has 0 aromatic rings. The SMILES string of the molecule is CC1C[C@H](C(=O)NCC(C(C)C)N(C)C)[C@H](C(=O)O)C1. The molecule has 0 aliphatic heterocycles. The van der Waals surface area contributed by atoms with E-state index in [4.69, 9.17) is 0 Å². The minimum absolute atomic E-state index is 0.103. The maximum absolute atomic E-state index is 12.3. The first-order valence-corrected chi connectivity index (χ1v) is 7.41. The second kappa shape index (κ2) is 7.07. The normalized spacial score (nSPS) is 27.9. The molecule has 0 aromatic carbocycles. The summed E-state index contributed by atoms with van der Waals surface area (Å²) in [4.78, 5) is 25.6. The predicted molar refractivity (Wildman–Crippen MR) is 78.3 cm³/mol. The quantitative estimate of drug-likeness (QED) is 0.774. The fraction of sp³-hybridized carbons (Fsp3) is 0.867. The number of carbonyl (C=O) groups is 2. The van der Waals surface area contributed by atoms with Gasteiger partial charge in [0.1, 0.15) is 0 Å². The zero-order chi connectivity index (χ0) is 15.4. The van der Waals surface area contributed by atoms with Crippen LogP contribution in [-0.4, -0.2) is 48.6 Å². The number of nitrogens with one attached hydrogen (secondary N) is 1. The Morgan fingerprint density at radius 1 is 1.25 bits per heavy atom. The van der Waals surface area contributed by atoms with Crippen molar-refractivity contribution in [3.8, 4) is 0 Å². The standard InChI is InChI=1S/C15H28N2O3/c1-9(2)13(17(4)5)8-16-14(18)11-6-10(3)7-12(11)15(19)20/h9-13H,6-8H2,1-5H3,(H,16,18)(H,19,20)/t10?,11-,12+,13?/m0/s1. The van der Waals surface area contributed by atoms with Crippen molar-refractivity contribution in [1.82, 2.24) is 10.2 Å². The summed E-state index contributed by atoms with van der Waals surface area (Å²) in [5, 5.41) is 12.2. The van der Waals surface area contributed by atoms with Crippen molar-refractivity contribution in [2.24, 2.45) is 23.7 Å². The van der Waals surface area contributed by atoms with E-state index in [9.17, 15) is 14.7 Å². The average Bonchev–Trinajstić information content (AvgIpc) is 2.70. The van der Waals surface area contributed by atoms with Crippen LogP contribution in [0.15, 0.2) is 0 Å². The van der Waals surface area contributed by atoms with E-state index in [1.165, 1.54) is 0 Å². The van der Waals surface area contributed by atoms with Gasteiger partial charge in [0.15, 0.2) is 0 Å². The Morgan fingerprint density at radius 2 is 1.80 bits per heavy atom. The van der Waals surface area contributed by atoms with Gasteiger partial charge in [0.2, 0.25) is 5.91 Å². The average molecular weight is 284 g/mol. The molecule has 1 fully saturated rings. The smallest absolute Gasteiger partial charge is 0.307 e. The summed E-state index contributed by atoms with van der Waals surface area (Å²) < 4.78 is 0. The fourth-order valence-corrected chi connectivity index (χ4v) is 3.21. The van der Waals surface area contributed by atoms with Crippen LogP contribution in [0.2, 0.25) is 0 Å². The lowest BCUT2D eigenvalue weighted by Gasteiger charge is -2.28. The Kier molecular flexibility index (Phi) is 5.99. The predicted octanol–water partition coefficient (Wildman–Crippen LogP) is 1.44. The molecule has 116 valence electrons.